The van der Waals surface area contributed by atoms with Crippen LogP contribution >= 0.6 is 28.3 Å². The van der Waals surface area contributed by atoms with E-state index in [1.807, 2.05) is 0 Å². The number of nitrogens with zero attached hydrogens (tertiary/aromatic N) is 1. The molecule has 0 radical (unpaired) electrons. The molecule has 78 valence electrons. The summed E-state index contributed by atoms with van der Waals surface area (Å²) in [6.07, 6.45) is 0. The fourth-order valence-electron chi connectivity index (χ4n) is 0.854. The van der Waals surface area contributed by atoms with Gasteiger partial charge in [0, 0.05) is 10.0 Å². The molecular weight excluding hydrogens is 272 g/mol. The summed E-state index contributed by atoms with van der Waals surface area (Å²) in [6.45, 7) is 0.148. The Hall–Kier alpha value is -0.810. The highest BCUT2D eigenvalue weighted by atomic mass is 79.9. The van der Waals surface area contributed by atoms with Crippen molar-refractivity contribution < 1.29 is 4.39 Å². The topological polar surface area (TPSA) is 64.4 Å². The Morgan fingerprint density at radius 3 is 2.57 bits per heavy atom. The van der Waals surface area contributed by atoms with E-state index in [1.54, 1.807) is 12.1 Å². The van der Waals surface area contributed by atoms with Crippen molar-refractivity contribution in [2.24, 2.45) is 16.5 Å². The summed E-state index contributed by atoms with van der Waals surface area (Å²) in [5.74, 6) is -0.366. The van der Waals surface area contributed by atoms with Crippen molar-refractivity contribution in [3.8, 4) is 0 Å². The Morgan fingerprint density at radius 2 is 2.07 bits per heavy atom. The summed E-state index contributed by atoms with van der Waals surface area (Å²) in [4.78, 5) is 3.72. The fourth-order valence-corrected chi connectivity index (χ4v) is 1.32. The normalized spacial score (nSPS) is 9.00. The summed E-state index contributed by atoms with van der Waals surface area (Å²) >= 11 is 3.21. The lowest BCUT2D eigenvalue weighted by atomic mass is 10.2. The Labute approximate surface area is 95.9 Å². The van der Waals surface area contributed by atoms with Crippen LogP contribution in [0.4, 0.5) is 4.39 Å². The molecule has 0 saturated carbocycles. The van der Waals surface area contributed by atoms with Crippen molar-refractivity contribution >= 4 is 34.3 Å². The molecule has 14 heavy (non-hydrogen) atoms. The molecule has 1 aromatic carbocycles. The van der Waals surface area contributed by atoms with Crippen LogP contribution in [-0.2, 0) is 6.54 Å². The van der Waals surface area contributed by atoms with Gasteiger partial charge in [-0.3, -0.25) is 0 Å². The van der Waals surface area contributed by atoms with Crippen LogP contribution in [0.3, 0.4) is 0 Å². The Kier molecular flexibility index (Phi) is 5.49. The van der Waals surface area contributed by atoms with Crippen molar-refractivity contribution in [1.82, 2.24) is 0 Å². The predicted octanol–water partition coefficient (Wildman–Crippen LogP) is 1.78. The van der Waals surface area contributed by atoms with Gasteiger partial charge in [0.15, 0.2) is 5.96 Å². The van der Waals surface area contributed by atoms with Crippen LogP contribution in [0.2, 0.25) is 0 Å². The van der Waals surface area contributed by atoms with Crippen LogP contribution in [0, 0.1) is 5.82 Å². The smallest absolute Gasteiger partial charge is 0.186 e. The molecule has 0 unspecified atom stereocenters. The molecule has 1 aromatic rings. The highest BCUT2D eigenvalue weighted by Crippen LogP contribution is 2.20. The van der Waals surface area contributed by atoms with Crippen molar-refractivity contribution in [1.29, 1.82) is 0 Å². The highest BCUT2D eigenvalue weighted by molar-refractivity contribution is 9.10. The molecule has 4 N–H and O–H groups in total. The molecule has 0 atom stereocenters. The maximum absolute atomic E-state index is 13.1. The molecule has 0 aliphatic rings. The largest absolute Gasteiger partial charge is 0.370 e. The van der Waals surface area contributed by atoms with Crippen molar-refractivity contribution in [2.45, 2.75) is 6.54 Å². The number of halogens is 3. The van der Waals surface area contributed by atoms with Crippen LogP contribution in [0.25, 0.3) is 0 Å². The number of rotatable bonds is 2. The van der Waals surface area contributed by atoms with Crippen LogP contribution in [-0.4, -0.2) is 5.96 Å². The second-order valence-corrected chi connectivity index (χ2v) is 3.30. The Balaban J connectivity index is 0.00000169. The monoisotopic (exact) mass is 281 g/mol. The van der Waals surface area contributed by atoms with Gasteiger partial charge < -0.3 is 11.5 Å². The maximum Gasteiger partial charge on any atom is 0.186 e. The van der Waals surface area contributed by atoms with E-state index < -0.39 is 0 Å². The van der Waals surface area contributed by atoms with Gasteiger partial charge in [0.25, 0.3) is 0 Å². The van der Waals surface area contributed by atoms with E-state index in [1.165, 1.54) is 6.07 Å². The molecule has 0 fully saturated rings. The minimum absolute atomic E-state index is 0. The van der Waals surface area contributed by atoms with E-state index >= 15 is 0 Å². The lowest BCUT2D eigenvalue weighted by Crippen LogP contribution is -2.22. The number of hydrogen-bond acceptors (Lipinski definition) is 1. The van der Waals surface area contributed by atoms with E-state index in [0.29, 0.717) is 10.0 Å². The fraction of sp³-hybridized carbons (Fsp3) is 0.125. The van der Waals surface area contributed by atoms with Crippen LogP contribution in [0.15, 0.2) is 27.7 Å². The predicted molar refractivity (Wildman–Crippen MR) is 60.9 cm³/mol. The standard InChI is InChI=1S/C8H9BrFN3.ClH/c9-6-2-1-3-7(10)5(6)4-13-8(11)12;/h1-3H,4H2,(H4,11,12,13);1H. The number of aliphatic imine (C=N–C) groups is 1. The van der Waals surface area contributed by atoms with E-state index in [4.69, 9.17) is 11.5 Å². The van der Waals surface area contributed by atoms with Gasteiger partial charge in [0.2, 0.25) is 0 Å². The van der Waals surface area contributed by atoms with Gasteiger partial charge in [0.05, 0.1) is 6.54 Å². The van der Waals surface area contributed by atoms with Crippen molar-refractivity contribution in [2.75, 3.05) is 0 Å². The van der Waals surface area contributed by atoms with E-state index in [2.05, 4.69) is 20.9 Å². The minimum atomic E-state index is -0.320. The first-order valence-corrected chi connectivity index (χ1v) is 4.39. The van der Waals surface area contributed by atoms with E-state index in [9.17, 15) is 4.39 Å². The molecule has 0 bridgehead atoms. The third kappa shape index (κ3) is 3.51. The summed E-state index contributed by atoms with van der Waals surface area (Å²) in [6, 6.07) is 4.71. The summed E-state index contributed by atoms with van der Waals surface area (Å²) in [5, 5.41) is 0. The quantitative estimate of drug-likeness (QED) is 0.641. The maximum atomic E-state index is 13.1. The number of hydrogen-bond donors (Lipinski definition) is 2. The van der Waals surface area contributed by atoms with Crippen LogP contribution < -0.4 is 11.5 Å². The zero-order chi connectivity index (χ0) is 9.84. The third-order valence-electron chi connectivity index (χ3n) is 1.48. The molecule has 0 aliphatic heterocycles. The zero-order valence-corrected chi connectivity index (χ0v) is 9.61. The average Bonchev–Trinajstić information content (AvgIpc) is 2.03. The molecule has 1 rings (SSSR count). The molecule has 0 aliphatic carbocycles. The van der Waals surface area contributed by atoms with Gasteiger partial charge in [-0.05, 0) is 12.1 Å². The second-order valence-electron chi connectivity index (χ2n) is 2.44. The lowest BCUT2D eigenvalue weighted by molar-refractivity contribution is 0.609. The molecule has 3 nitrogen and oxygen atoms in total. The lowest BCUT2D eigenvalue weighted by Gasteiger charge is -2.02. The molecule has 0 spiro atoms. The molecule has 0 amide bonds. The van der Waals surface area contributed by atoms with Crippen LogP contribution in [0.1, 0.15) is 5.56 Å². The number of benzene rings is 1. The number of guanidine groups is 1. The summed E-state index contributed by atoms with van der Waals surface area (Å²) in [7, 11) is 0. The van der Waals surface area contributed by atoms with E-state index in [-0.39, 0.29) is 30.7 Å². The molecule has 6 heteroatoms. The summed E-state index contributed by atoms with van der Waals surface area (Å²) < 4.78 is 13.8. The van der Waals surface area contributed by atoms with E-state index in [0.717, 1.165) is 0 Å². The second kappa shape index (κ2) is 5.82. The van der Waals surface area contributed by atoms with Gasteiger partial charge in [-0.15, -0.1) is 12.4 Å². The molecular formula is C8H10BrClFN3. The first kappa shape index (κ1) is 13.2. The van der Waals surface area contributed by atoms with Crippen molar-refractivity contribution in [3.63, 3.8) is 0 Å². The summed E-state index contributed by atoms with van der Waals surface area (Å²) in [5.41, 5.74) is 10.7. The van der Waals surface area contributed by atoms with Crippen molar-refractivity contribution in [3.05, 3.63) is 34.1 Å². The third-order valence-corrected chi connectivity index (χ3v) is 2.22. The molecule has 0 saturated heterocycles. The Bertz CT molecular complexity index is 319. The molecule has 0 aromatic heterocycles. The minimum Gasteiger partial charge on any atom is -0.370 e. The van der Waals surface area contributed by atoms with Crippen LogP contribution in [0.5, 0.6) is 0 Å². The Morgan fingerprint density at radius 1 is 1.43 bits per heavy atom. The van der Waals surface area contributed by atoms with Gasteiger partial charge >= 0.3 is 0 Å². The van der Waals surface area contributed by atoms with Gasteiger partial charge in [0.1, 0.15) is 5.82 Å². The first-order chi connectivity index (χ1) is 6.11. The highest BCUT2D eigenvalue weighted by Gasteiger charge is 2.04. The van der Waals surface area contributed by atoms with Gasteiger partial charge in [-0.2, -0.15) is 0 Å². The first-order valence-electron chi connectivity index (χ1n) is 3.59. The number of nitrogens with two attached hydrogens (primary N) is 2. The van der Waals surface area contributed by atoms with Gasteiger partial charge in [-0.25, -0.2) is 9.38 Å². The zero-order valence-electron chi connectivity index (χ0n) is 7.21. The van der Waals surface area contributed by atoms with Gasteiger partial charge in [-0.1, -0.05) is 22.0 Å². The molecule has 0 heterocycles. The average molecular weight is 283 g/mol. The SMILES string of the molecule is Cl.NC(N)=NCc1c(F)cccc1Br.